The second-order valence-corrected chi connectivity index (χ2v) is 5.47. The third-order valence-corrected chi connectivity index (χ3v) is 3.65. The average Bonchev–Trinajstić information content (AvgIpc) is 2.66. The number of non-ortho nitro benzene ring substituents is 1. The highest BCUT2D eigenvalue weighted by Crippen LogP contribution is 2.17. The van der Waals surface area contributed by atoms with Crippen LogP contribution in [-0.2, 0) is 4.79 Å². The minimum Gasteiger partial charge on any atom is -0.497 e. The number of rotatable bonds is 8. The summed E-state index contributed by atoms with van der Waals surface area (Å²) in [6.45, 7) is 0.787. The molecule has 2 aromatic rings. The molecule has 0 atom stereocenters. The monoisotopic (exact) mass is 356 g/mol. The van der Waals surface area contributed by atoms with Crippen LogP contribution in [0.1, 0.15) is 5.56 Å². The van der Waals surface area contributed by atoms with Gasteiger partial charge in [0.15, 0.2) is 0 Å². The molecule has 7 heteroatoms. The summed E-state index contributed by atoms with van der Waals surface area (Å²) < 4.78 is 10.7. The fraction of sp³-hybridized carbons (Fsp3) is 0.211. The Hall–Kier alpha value is -3.35. The van der Waals surface area contributed by atoms with Crippen molar-refractivity contribution in [3.63, 3.8) is 0 Å². The summed E-state index contributed by atoms with van der Waals surface area (Å²) >= 11 is 0. The Morgan fingerprint density at radius 1 is 1.12 bits per heavy atom. The van der Waals surface area contributed by atoms with Gasteiger partial charge in [0.2, 0.25) is 5.91 Å². The van der Waals surface area contributed by atoms with E-state index in [-0.39, 0.29) is 11.6 Å². The van der Waals surface area contributed by atoms with Crippen LogP contribution >= 0.6 is 0 Å². The minimum atomic E-state index is -0.463. The number of carbonyl (C=O) groups is 1. The first kappa shape index (κ1) is 19.0. The van der Waals surface area contributed by atoms with Gasteiger partial charge in [0.05, 0.1) is 18.6 Å². The number of hydrogen-bond acceptors (Lipinski definition) is 5. The highest BCUT2D eigenvalue weighted by Gasteiger charge is 2.06. The second kappa shape index (κ2) is 9.22. The van der Waals surface area contributed by atoms with Crippen molar-refractivity contribution < 1.29 is 19.2 Å². The van der Waals surface area contributed by atoms with Gasteiger partial charge in [-0.05, 0) is 48.0 Å². The van der Waals surface area contributed by atoms with Crippen molar-refractivity contribution in [2.24, 2.45) is 0 Å². The van der Waals surface area contributed by atoms with Gasteiger partial charge in [-0.25, -0.2) is 0 Å². The van der Waals surface area contributed by atoms with Crippen LogP contribution in [0.3, 0.4) is 0 Å². The maximum atomic E-state index is 12.1. The number of ether oxygens (including phenoxy) is 2. The summed E-state index contributed by atoms with van der Waals surface area (Å²) in [7, 11) is 3.28. The molecule has 2 aromatic carbocycles. The number of nitro groups is 1. The van der Waals surface area contributed by atoms with E-state index in [1.165, 1.54) is 23.1 Å². The lowest BCUT2D eigenvalue weighted by Crippen LogP contribution is -2.29. The molecule has 0 bridgehead atoms. The zero-order valence-corrected chi connectivity index (χ0v) is 14.6. The summed E-state index contributed by atoms with van der Waals surface area (Å²) in [6, 6.07) is 13.2. The van der Waals surface area contributed by atoms with E-state index in [1.54, 1.807) is 56.6 Å². The molecular formula is C19H20N2O5. The van der Waals surface area contributed by atoms with Crippen molar-refractivity contribution in [1.82, 2.24) is 4.90 Å². The normalized spacial score (nSPS) is 10.5. The van der Waals surface area contributed by atoms with Crippen molar-refractivity contribution >= 4 is 17.7 Å². The van der Waals surface area contributed by atoms with Gasteiger partial charge >= 0.3 is 0 Å². The second-order valence-electron chi connectivity index (χ2n) is 5.47. The standard InChI is InChI=1S/C19H20N2O5/c1-20(13-14-26-18-10-8-17(25-2)9-11-18)19(22)12-5-15-3-6-16(7-4-15)21(23)24/h3-12H,13-14H2,1-2H3. The maximum Gasteiger partial charge on any atom is 0.269 e. The first-order valence-electron chi connectivity index (χ1n) is 7.94. The molecule has 0 saturated carbocycles. The molecule has 1 amide bonds. The lowest BCUT2D eigenvalue weighted by Gasteiger charge is -2.15. The molecule has 136 valence electrons. The first-order chi connectivity index (χ1) is 12.5. The van der Waals surface area contributed by atoms with E-state index >= 15 is 0 Å². The zero-order valence-electron chi connectivity index (χ0n) is 14.6. The van der Waals surface area contributed by atoms with Crippen molar-refractivity contribution in [2.45, 2.75) is 0 Å². The largest absolute Gasteiger partial charge is 0.497 e. The Morgan fingerprint density at radius 3 is 2.31 bits per heavy atom. The molecule has 2 rings (SSSR count). The van der Waals surface area contributed by atoms with Crippen LogP contribution in [0.25, 0.3) is 6.08 Å². The fourth-order valence-electron chi connectivity index (χ4n) is 2.08. The number of nitrogens with zero attached hydrogens (tertiary/aromatic N) is 2. The van der Waals surface area contributed by atoms with Gasteiger partial charge < -0.3 is 14.4 Å². The smallest absolute Gasteiger partial charge is 0.269 e. The van der Waals surface area contributed by atoms with Gasteiger partial charge in [-0.3, -0.25) is 14.9 Å². The van der Waals surface area contributed by atoms with E-state index in [2.05, 4.69) is 0 Å². The predicted molar refractivity (Wildman–Crippen MR) is 98.3 cm³/mol. The Kier molecular flexibility index (Phi) is 6.73. The molecule has 0 aromatic heterocycles. The van der Waals surface area contributed by atoms with Crippen molar-refractivity contribution in [1.29, 1.82) is 0 Å². The van der Waals surface area contributed by atoms with Crippen LogP contribution in [0.15, 0.2) is 54.6 Å². The number of benzene rings is 2. The van der Waals surface area contributed by atoms with Gasteiger partial charge in [-0.2, -0.15) is 0 Å². The molecule has 0 spiro atoms. The summed E-state index contributed by atoms with van der Waals surface area (Å²) in [5.41, 5.74) is 0.730. The van der Waals surface area contributed by atoms with E-state index in [1.807, 2.05) is 0 Å². The molecule has 0 saturated heterocycles. The lowest BCUT2D eigenvalue weighted by atomic mass is 10.2. The number of methoxy groups -OCH3 is 1. The topological polar surface area (TPSA) is 81.9 Å². The summed E-state index contributed by atoms with van der Waals surface area (Å²) in [5, 5.41) is 10.6. The molecule has 0 heterocycles. The Balaban J connectivity index is 1.79. The van der Waals surface area contributed by atoms with Gasteiger partial charge in [0, 0.05) is 25.3 Å². The maximum absolute atomic E-state index is 12.1. The first-order valence-corrected chi connectivity index (χ1v) is 7.94. The van der Waals surface area contributed by atoms with Crippen molar-refractivity contribution in [3.05, 3.63) is 70.3 Å². The van der Waals surface area contributed by atoms with Crippen LogP contribution in [0.4, 0.5) is 5.69 Å². The van der Waals surface area contributed by atoms with Crippen molar-refractivity contribution in [3.8, 4) is 11.5 Å². The molecule has 0 aliphatic rings. The van der Waals surface area contributed by atoms with E-state index < -0.39 is 4.92 Å². The number of likely N-dealkylation sites (N-methyl/N-ethyl adjacent to an activating group) is 1. The van der Waals surface area contributed by atoms with E-state index in [9.17, 15) is 14.9 Å². The summed E-state index contributed by atoms with van der Waals surface area (Å²) in [6.07, 6.45) is 3.04. The highest BCUT2D eigenvalue weighted by atomic mass is 16.6. The molecule has 0 fully saturated rings. The van der Waals surface area contributed by atoms with Crippen LogP contribution in [0.5, 0.6) is 11.5 Å². The number of hydrogen-bond donors (Lipinski definition) is 0. The van der Waals surface area contributed by atoms with Gasteiger partial charge in [-0.1, -0.05) is 0 Å². The highest BCUT2D eigenvalue weighted by molar-refractivity contribution is 5.91. The molecular weight excluding hydrogens is 336 g/mol. The predicted octanol–water partition coefficient (Wildman–Crippen LogP) is 3.15. The number of amides is 1. The molecule has 0 radical (unpaired) electrons. The van der Waals surface area contributed by atoms with Crippen LogP contribution < -0.4 is 9.47 Å². The van der Waals surface area contributed by atoms with Gasteiger partial charge in [0.25, 0.3) is 5.69 Å². The number of nitro benzene ring substituents is 1. The molecule has 0 unspecified atom stereocenters. The lowest BCUT2D eigenvalue weighted by molar-refractivity contribution is -0.384. The van der Waals surface area contributed by atoms with Gasteiger partial charge in [-0.15, -0.1) is 0 Å². The Labute approximate surface area is 151 Å². The molecule has 0 aliphatic carbocycles. The van der Waals surface area contributed by atoms with Crippen LogP contribution in [0.2, 0.25) is 0 Å². The zero-order chi connectivity index (χ0) is 18.9. The van der Waals surface area contributed by atoms with E-state index in [4.69, 9.17) is 9.47 Å². The van der Waals surface area contributed by atoms with Crippen LogP contribution in [-0.4, -0.2) is 43.0 Å². The molecule has 26 heavy (non-hydrogen) atoms. The summed E-state index contributed by atoms with van der Waals surface area (Å²) in [5.74, 6) is 1.27. The van der Waals surface area contributed by atoms with Crippen molar-refractivity contribution in [2.75, 3.05) is 27.3 Å². The van der Waals surface area contributed by atoms with Gasteiger partial charge in [0.1, 0.15) is 18.1 Å². The third kappa shape index (κ3) is 5.62. The Morgan fingerprint density at radius 2 is 1.73 bits per heavy atom. The fourth-order valence-corrected chi connectivity index (χ4v) is 2.08. The van der Waals surface area contributed by atoms with E-state index in [0.717, 1.165) is 5.75 Å². The molecule has 0 N–H and O–H groups in total. The van der Waals surface area contributed by atoms with E-state index in [0.29, 0.717) is 24.5 Å². The quantitative estimate of drug-likeness (QED) is 0.412. The number of carbonyl (C=O) groups excluding carboxylic acids is 1. The third-order valence-electron chi connectivity index (χ3n) is 3.65. The van der Waals surface area contributed by atoms with Crippen LogP contribution in [0, 0.1) is 10.1 Å². The molecule has 0 aliphatic heterocycles. The summed E-state index contributed by atoms with van der Waals surface area (Å²) in [4.78, 5) is 23.8. The average molecular weight is 356 g/mol. The minimum absolute atomic E-state index is 0.0151. The Bertz CT molecular complexity index is 770. The molecule has 7 nitrogen and oxygen atoms in total. The SMILES string of the molecule is COc1ccc(OCCN(C)C(=O)C=Cc2ccc([N+](=O)[O-])cc2)cc1.